The maximum absolute atomic E-state index is 3.48. The Morgan fingerprint density at radius 3 is 1.05 bits per heavy atom. The van der Waals surface area contributed by atoms with Gasteiger partial charge in [0.2, 0.25) is 0 Å². The van der Waals surface area contributed by atoms with Crippen LogP contribution in [0.15, 0.2) is 230 Å². The second-order valence-corrected chi connectivity index (χ2v) is 35.7. The van der Waals surface area contributed by atoms with E-state index in [1.165, 1.54) is 132 Å². The molecule has 0 aromatic heterocycles. The van der Waals surface area contributed by atoms with Gasteiger partial charge < -0.3 is 0 Å². The van der Waals surface area contributed by atoms with Gasteiger partial charge >= 0.3 is 142 Å². The smallest absolute Gasteiger partial charge is 0.0579 e. The molecule has 82 heavy (non-hydrogen) atoms. The van der Waals surface area contributed by atoms with Crippen molar-refractivity contribution in [3.63, 3.8) is 0 Å². The van der Waals surface area contributed by atoms with Crippen LogP contribution in [0.1, 0.15) is 47.2 Å². The van der Waals surface area contributed by atoms with Crippen molar-refractivity contribution in [2.75, 3.05) is 0 Å². The molecule has 4 aliphatic rings. The molecule has 0 fully saturated rings. The number of benzene rings is 10. The molecule has 0 nitrogen and oxygen atoms in total. The van der Waals surface area contributed by atoms with Gasteiger partial charge in [-0.15, -0.1) is 201 Å². The van der Waals surface area contributed by atoms with E-state index in [1.54, 1.807) is 57.0 Å². The molecule has 0 amide bonds. The van der Waals surface area contributed by atoms with E-state index in [4.69, 9.17) is 0 Å². The number of allylic oxidation sites excluding steroid dienone is 2. The van der Waals surface area contributed by atoms with Gasteiger partial charge in [0.1, 0.15) is 0 Å². The van der Waals surface area contributed by atoms with Crippen LogP contribution in [0.4, 0.5) is 0 Å². The van der Waals surface area contributed by atoms with Crippen molar-refractivity contribution in [2.45, 2.75) is 53.6 Å². The molecule has 0 saturated carbocycles. The molecule has 0 aliphatic heterocycles. The molecule has 8 heteroatoms. The first-order valence-electron chi connectivity index (χ1n) is 27.0. The van der Waals surface area contributed by atoms with E-state index in [0.717, 1.165) is 12.8 Å². The second kappa shape index (κ2) is 29.0. The van der Waals surface area contributed by atoms with Gasteiger partial charge in [0.15, 0.2) is 0 Å². The Morgan fingerprint density at radius 1 is 0.378 bits per heavy atom. The van der Waals surface area contributed by atoms with Crippen LogP contribution in [0.3, 0.4) is 0 Å². The number of aryl methyl sites for hydroxylation is 2. The first-order valence-corrected chi connectivity index (χ1v) is 38.4. The Hall–Kier alpha value is -5.22. The Labute approximate surface area is 540 Å². The van der Waals surface area contributed by atoms with E-state index in [9.17, 15) is 0 Å². The van der Waals surface area contributed by atoms with Crippen LogP contribution >= 0.6 is 49.6 Å². The van der Waals surface area contributed by atoms with E-state index in [0.29, 0.717) is 0 Å². The third kappa shape index (κ3) is 14.0. The van der Waals surface area contributed by atoms with Crippen molar-refractivity contribution in [1.82, 2.24) is 0 Å². The van der Waals surface area contributed by atoms with Crippen molar-refractivity contribution in [3.05, 3.63) is 275 Å². The summed E-state index contributed by atoms with van der Waals surface area (Å²) in [5.74, 6) is 0. The standard InChI is InChI=1S/2C20H13.2C10H9.2C7H8Si.4ClH.2Zr/c2*1-12-10-14-8-9-16-15-6-2-4-13-5-3-7-17(19(13)15)20(16)18(14)11-12;2*1-8-6-9-4-2-3-5-10(9)7-8;2*1-8-7-5-3-2-4-6-7;;;;;;/h2*2-7,9-10H,11H2,1H3;2*2-7H,1H3;2*2-6H,1H3;4*1H;;/q4*-1;;;;;;;2*+2. The van der Waals surface area contributed by atoms with Crippen molar-refractivity contribution < 1.29 is 46.7 Å². The average molecular weight is 1330 g/mol. The molecule has 404 valence electrons. The molecule has 16 rings (SSSR count). The summed E-state index contributed by atoms with van der Waals surface area (Å²) in [6, 6.07) is 85.0. The van der Waals surface area contributed by atoms with Crippen LogP contribution in [0.5, 0.6) is 0 Å². The van der Waals surface area contributed by atoms with Gasteiger partial charge in [-0.2, -0.15) is 12.1 Å². The predicted octanol–water partition coefficient (Wildman–Crippen LogP) is 20.0. The summed E-state index contributed by atoms with van der Waals surface area (Å²) in [6.45, 7) is 13.4. The molecule has 0 N–H and O–H groups in total. The van der Waals surface area contributed by atoms with Gasteiger partial charge in [0.25, 0.3) is 0 Å². The third-order valence-corrected chi connectivity index (χ3v) is 21.8. The quantitative estimate of drug-likeness (QED) is 0.120. The minimum absolute atomic E-state index is 0. The third-order valence-electron chi connectivity index (χ3n) is 15.1. The fraction of sp³-hybridized carbons (Fsp3) is 0.108. The maximum Gasteiger partial charge on any atom is -0.0579 e. The van der Waals surface area contributed by atoms with Crippen LogP contribution < -0.4 is 10.4 Å². The van der Waals surface area contributed by atoms with Crippen LogP contribution in [0.25, 0.3) is 99.7 Å². The molecule has 12 aromatic rings. The Balaban J connectivity index is 0.000000146. The molecule has 0 bridgehead atoms. The molecule has 0 unspecified atom stereocenters. The SMILES string of the molecule is CC1=Cc2[c-]cc3c(c2C1)-c1cccc2cccc-3c12.CC1=Cc2[c-]cc3c(c2C1)-c1cccc2cccc-3c12.C[Si](=[Zr+2])c1ccccc1.C[Si](=[Zr+2])c1ccccc1.Cc1cc2ccccc2[cH-]1.Cc1cc2ccccc2[cH-]1.Cl.Cl.Cl.Cl. The number of fused-ring (bicyclic) bond motifs is 12. The fourth-order valence-corrected chi connectivity index (χ4v) is 15.4. The Bertz CT molecular complexity index is 3970. The zero-order valence-corrected chi connectivity index (χ0v) is 57.2. The van der Waals surface area contributed by atoms with Crippen molar-refractivity contribution >= 4 is 126 Å². The monoisotopic (exact) mass is 1330 g/mol. The summed E-state index contributed by atoms with van der Waals surface area (Å²) >= 11 is 3.38. The average Bonchev–Trinajstić information content (AvgIpc) is 3.67. The van der Waals surface area contributed by atoms with E-state index in [-0.39, 0.29) is 60.5 Å². The van der Waals surface area contributed by atoms with E-state index < -0.39 is 0 Å². The van der Waals surface area contributed by atoms with Gasteiger partial charge in [-0.05, 0) is 45.5 Å². The molecule has 12 aromatic carbocycles. The fourth-order valence-electron chi connectivity index (χ4n) is 11.6. The summed E-state index contributed by atoms with van der Waals surface area (Å²) < 4.78 is 0. The van der Waals surface area contributed by atoms with E-state index in [2.05, 4.69) is 283 Å². The topological polar surface area (TPSA) is 0 Å². The zero-order chi connectivity index (χ0) is 53.9. The molecule has 0 radical (unpaired) electrons. The van der Waals surface area contributed by atoms with Gasteiger partial charge in [-0.3, -0.25) is 0 Å². The molecule has 0 atom stereocenters. The number of hydrogen-bond acceptors (Lipinski definition) is 0. The summed E-state index contributed by atoms with van der Waals surface area (Å²) in [7, 11) is 0. The van der Waals surface area contributed by atoms with Gasteiger partial charge in [0, 0.05) is 0 Å². The van der Waals surface area contributed by atoms with Crippen molar-refractivity contribution in [2.24, 2.45) is 0 Å². The Kier molecular flexibility index (Phi) is 22.8. The van der Waals surface area contributed by atoms with Crippen LogP contribution in [0.2, 0.25) is 13.1 Å². The normalized spacial score (nSPS) is 11.6. The molecule has 0 saturated heterocycles. The number of rotatable bonds is 2. The number of halogens is 4. The minimum atomic E-state index is -0.122. The molecule has 4 aliphatic carbocycles. The van der Waals surface area contributed by atoms with E-state index in [1.807, 2.05) is 0 Å². The minimum Gasteiger partial charge on any atom is -0.165 e. The van der Waals surface area contributed by atoms with Crippen molar-refractivity contribution in [3.8, 4) is 44.5 Å². The summed E-state index contributed by atoms with van der Waals surface area (Å²) in [6.07, 6.45) is 6.69. The zero-order valence-electron chi connectivity index (χ0n) is 47.0. The first-order chi connectivity index (χ1) is 38.0. The summed E-state index contributed by atoms with van der Waals surface area (Å²) in [5, 5.41) is 14.0. The first kappa shape index (κ1) is 64.3. The molecular weight excluding hydrogens is 1270 g/mol. The van der Waals surface area contributed by atoms with Crippen LogP contribution in [-0.4, -0.2) is 10.9 Å². The maximum atomic E-state index is 3.48. The van der Waals surface area contributed by atoms with E-state index >= 15 is 0 Å². The molecular formula is C74H64Cl4Si2Zr2. The van der Waals surface area contributed by atoms with Gasteiger partial charge in [0.05, 0.1) is 0 Å². The summed E-state index contributed by atoms with van der Waals surface area (Å²) in [4.78, 5) is 0. The largest absolute Gasteiger partial charge is 0.165 e. The van der Waals surface area contributed by atoms with Gasteiger partial charge in [-0.1, -0.05) is 146 Å². The van der Waals surface area contributed by atoms with Crippen molar-refractivity contribution in [1.29, 1.82) is 0 Å². The summed E-state index contributed by atoms with van der Waals surface area (Å²) in [5.41, 5.74) is 22.0. The van der Waals surface area contributed by atoms with Crippen LogP contribution in [-0.2, 0) is 59.5 Å². The predicted molar refractivity (Wildman–Crippen MR) is 362 cm³/mol. The Morgan fingerprint density at radius 2 is 0.707 bits per heavy atom. The second-order valence-electron chi connectivity index (χ2n) is 21.0. The number of hydrogen-bond donors (Lipinski definition) is 0. The molecule has 0 spiro atoms. The molecule has 0 heterocycles. The van der Waals surface area contributed by atoms with Gasteiger partial charge in [-0.25, -0.2) is 0 Å². The van der Waals surface area contributed by atoms with Crippen LogP contribution in [0, 0.1) is 26.0 Å².